The Balaban J connectivity index is 1.53. The third kappa shape index (κ3) is 3.80. The number of anilines is 1. The number of morpholine rings is 1. The van der Waals surface area contributed by atoms with Crippen LogP contribution < -0.4 is 4.90 Å². The lowest BCUT2D eigenvalue weighted by Crippen LogP contribution is -2.44. The summed E-state index contributed by atoms with van der Waals surface area (Å²) in [6, 6.07) is 1.75. The van der Waals surface area contributed by atoms with Crippen molar-refractivity contribution in [3.05, 3.63) is 12.3 Å². The predicted molar refractivity (Wildman–Crippen MR) is 81.9 cm³/mol. The van der Waals surface area contributed by atoms with Crippen LogP contribution in [0.15, 0.2) is 16.9 Å². The molecule has 0 aliphatic carbocycles. The minimum atomic E-state index is -0.442. The van der Waals surface area contributed by atoms with E-state index in [2.05, 4.69) is 20.3 Å². The minimum absolute atomic E-state index is 0.442. The molecule has 2 aromatic rings. The molecule has 0 spiro atoms. The molecule has 22 heavy (non-hydrogen) atoms. The van der Waals surface area contributed by atoms with E-state index >= 15 is 0 Å². The van der Waals surface area contributed by atoms with Crippen molar-refractivity contribution in [2.45, 2.75) is 6.10 Å². The van der Waals surface area contributed by atoms with Gasteiger partial charge in [0.15, 0.2) is 5.01 Å². The highest BCUT2D eigenvalue weighted by Gasteiger charge is 2.18. The van der Waals surface area contributed by atoms with Crippen LogP contribution >= 0.6 is 11.3 Å². The van der Waals surface area contributed by atoms with E-state index in [-0.39, 0.29) is 0 Å². The molecule has 9 heteroatoms. The number of hydrogen-bond acceptors (Lipinski definition) is 9. The average Bonchev–Trinajstić information content (AvgIpc) is 3.19. The van der Waals surface area contributed by atoms with Gasteiger partial charge in [-0.25, -0.2) is 0 Å². The molecule has 0 radical (unpaired) electrons. The van der Waals surface area contributed by atoms with E-state index < -0.39 is 6.10 Å². The van der Waals surface area contributed by atoms with Gasteiger partial charge in [0.05, 0.1) is 19.3 Å². The number of ether oxygens (including phenoxy) is 1. The van der Waals surface area contributed by atoms with Crippen LogP contribution in [0.25, 0.3) is 10.7 Å². The molecular weight excluding hydrogens is 306 g/mol. The Morgan fingerprint density at radius 2 is 2.23 bits per heavy atom. The Morgan fingerprint density at radius 1 is 1.41 bits per heavy atom. The van der Waals surface area contributed by atoms with Crippen LogP contribution in [0, 0.1) is 0 Å². The van der Waals surface area contributed by atoms with Gasteiger partial charge in [0.25, 0.3) is 0 Å². The van der Waals surface area contributed by atoms with Crippen molar-refractivity contribution >= 4 is 16.5 Å². The summed E-state index contributed by atoms with van der Waals surface area (Å²) in [7, 11) is 1.90. The smallest absolute Gasteiger partial charge is 0.208 e. The van der Waals surface area contributed by atoms with Crippen LogP contribution in [-0.2, 0) is 4.74 Å². The fourth-order valence-corrected chi connectivity index (χ4v) is 3.11. The molecule has 3 rings (SSSR count). The van der Waals surface area contributed by atoms with Crippen molar-refractivity contribution in [1.82, 2.24) is 20.3 Å². The number of aromatic nitrogens is 3. The van der Waals surface area contributed by atoms with Gasteiger partial charge < -0.3 is 19.3 Å². The van der Waals surface area contributed by atoms with E-state index in [0.29, 0.717) is 23.8 Å². The van der Waals surface area contributed by atoms with Crippen molar-refractivity contribution < 1.29 is 14.4 Å². The zero-order chi connectivity index (χ0) is 15.4. The molecule has 0 amide bonds. The van der Waals surface area contributed by atoms with Gasteiger partial charge in [0.2, 0.25) is 5.13 Å². The standard InChI is InChI=1S/C13H19N5O3S/c1-17(8-10(19)9-18-3-6-20-7-4-18)13-15-14-12(22-13)11-2-5-21-16-11/h2,5,10,19H,3-4,6-9H2,1H3. The number of aliphatic hydroxyl groups excluding tert-OH is 1. The topological polar surface area (TPSA) is 87.8 Å². The fourth-order valence-electron chi connectivity index (χ4n) is 2.33. The number of hydrogen-bond donors (Lipinski definition) is 1. The van der Waals surface area contributed by atoms with Gasteiger partial charge in [-0.1, -0.05) is 16.5 Å². The van der Waals surface area contributed by atoms with Crippen LogP contribution in [0.2, 0.25) is 0 Å². The third-order valence-electron chi connectivity index (χ3n) is 3.46. The first-order chi connectivity index (χ1) is 10.7. The van der Waals surface area contributed by atoms with Crippen LogP contribution in [0.1, 0.15) is 0 Å². The van der Waals surface area contributed by atoms with Crippen molar-refractivity contribution in [3.8, 4) is 10.7 Å². The molecule has 1 N–H and O–H groups in total. The highest BCUT2D eigenvalue weighted by molar-refractivity contribution is 7.18. The Morgan fingerprint density at radius 3 is 2.95 bits per heavy atom. The quantitative estimate of drug-likeness (QED) is 0.812. The number of likely N-dealkylation sites (N-methyl/N-ethyl adjacent to an activating group) is 1. The first-order valence-corrected chi connectivity index (χ1v) is 7.97. The Hall–Kier alpha value is -1.55. The molecule has 0 saturated carbocycles. The minimum Gasteiger partial charge on any atom is -0.390 e. The maximum atomic E-state index is 10.2. The van der Waals surface area contributed by atoms with Crippen molar-refractivity contribution in [2.75, 3.05) is 51.3 Å². The van der Waals surface area contributed by atoms with Gasteiger partial charge in [-0.15, -0.1) is 10.2 Å². The lowest BCUT2D eigenvalue weighted by molar-refractivity contribution is 0.0162. The second-order valence-electron chi connectivity index (χ2n) is 5.22. The largest absolute Gasteiger partial charge is 0.390 e. The van der Waals surface area contributed by atoms with Crippen LogP contribution in [0.5, 0.6) is 0 Å². The Bertz CT molecular complexity index is 570. The molecule has 0 aromatic carbocycles. The Labute approximate surface area is 132 Å². The molecule has 3 heterocycles. The SMILES string of the molecule is CN(CC(O)CN1CCOCC1)c1nnc(-c2ccon2)s1. The summed E-state index contributed by atoms with van der Waals surface area (Å²) in [4.78, 5) is 4.12. The summed E-state index contributed by atoms with van der Waals surface area (Å²) in [6.45, 7) is 4.36. The van der Waals surface area contributed by atoms with E-state index in [1.54, 1.807) is 6.07 Å². The zero-order valence-corrected chi connectivity index (χ0v) is 13.2. The van der Waals surface area contributed by atoms with E-state index in [1.807, 2.05) is 11.9 Å². The lowest BCUT2D eigenvalue weighted by Gasteiger charge is -2.29. The van der Waals surface area contributed by atoms with E-state index in [9.17, 15) is 5.11 Å². The van der Waals surface area contributed by atoms with Gasteiger partial charge in [-0.2, -0.15) is 0 Å². The first kappa shape index (κ1) is 15.3. The van der Waals surface area contributed by atoms with E-state index in [1.165, 1.54) is 17.6 Å². The maximum Gasteiger partial charge on any atom is 0.208 e. The summed E-state index contributed by atoms with van der Waals surface area (Å²) >= 11 is 1.42. The molecule has 1 saturated heterocycles. The number of rotatable bonds is 6. The molecule has 1 atom stereocenters. The summed E-state index contributed by atoms with van der Waals surface area (Å²) in [5.41, 5.74) is 0.672. The number of aliphatic hydroxyl groups is 1. The van der Waals surface area contributed by atoms with Crippen molar-refractivity contribution in [2.24, 2.45) is 0 Å². The van der Waals surface area contributed by atoms with E-state index in [4.69, 9.17) is 9.26 Å². The van der Waals surface area contributed by atoms with Crippen molar-refractivity contribution in [1.29, 1.82) is 0 Å². The molecule has 8 nitrogen and oxygen atoms in total. The van der Waals surface area contributed by atoms with Gasteiger partial charge in [0, 0.05) is 39.3 Å². The molecule has 0 bridgehead atoms. The van der Waals surface area contributed by atoms with Gasteiger partial charge >= 0.3 is 0 Å². The second-order valence-corrected chi connectivity index (χ2v) is 6.18. The summed E-state index contributed by atoms with van der Waals surface area (Å²) in [5, 5.41) is 23.8. The van der Waals surface area contributed by atoms with Gasteiger partial charge in [0.1, 0.15) is 12.0 Å². The summed E-state index contributed by atoms with van der Waals surface area (Å²) in [6.07, 6.45) is 1.06. The lowest BCUT2D eigenvalue weighted by atomic mass is 10.3. The highest BCUT2D eigenvalue weighted by Crippen LogP contribution is 2.26. The number of β-amino-alcohol motifs (C(OH)–C–C–N with tert-alkyl or cyclic N) is 1. The maximum absolute atomic E-state index is 10.2. The van der Waals surface area contributed by atoms with Gasteiger partial charge in [-0.3, -0.25) is 4.90 Å². The average molecular weight is 325 g/mol. The normalized spacial score (nSPS) is 17.5. The van der Waals surface area contributed by atoms with Crippen LogP contribution in [0.4, 0.5) is 5.13 Å². The molecule has 2 aromatic heterocycles. The molecule has 1 aliphatic rings. The van der Waals surface area contributed by atoms with Crippen LogP contribution in [-0.4, -0.2) is 77.9 Å². The zero-order valence-electron chi connectivity index (χ0n) is 12.4. The highest BCUT2D eigenvalue weighted by atomic mass is 32.1. The number of nitrogens with zero attached hydrogens (tertiary/aromatic N) is 5. The Kier molecular flexibility index (Phi) is 4.98. The molecule has 1 unspecified atom stereocenters. The predicted octanol–water partition coefficient (Wildman–Crippen LogP) is 0.322. The van der Waals surface area contributed by atoms with Crippen LogP contribution in [0.3, 0.4) is 0 Å². The monoisotopic (exact) mass is 325 g/mol. The molecular formula is C13H19N5O3S. The summed E-state index contributed by atoms with van der Waals surface area (Å²) in [5.74, 6) is 0. The third-order valence-corrected chi connectivity index (χ3v) is 4.52. The second kappa shape index (κ2) is 7.14. The first-order valence-electron chi connectivity index (χ1n) is 7.16. The van der Waals surface area contributed by atoms with E-state index in [0.717, 1.165) is 31.4 Å². The molecule has 1 fully saturated rings. The van der Waals surface area contributed by atoms with Gasteiger partial charge in [-0.05, 0) is 0 Å². The molecule has 1 aliphatic heterocycles. The summed E-state index contributed by atoms with van der Waals surface area (Å²) < 4.78 is 10.1. The fraction of sp³-hybridized carbons (Fsp3) is 0.615. The molecule has 120 valence electrons. The van der Waals surface area contributed by atoms with Crippen molar-refractivity contribution in [3.63, 3.8) is 0 Å².